The first kappa shape index (κ1) is 25.0. The first-order chi connectivity index (χ1) is 17.7. The summed E-state index contributed by atoms with van der Waals surface area (Å²) in [7, 11) is -1.95. The molecule has 5 rings (SSSR count). The van der Waals surface area contributed by atoms with Gasteiger partial charge in [0.15, 0.2) is 17.2 Å². The number of nitrogens with zero attached hydrogens (tertiary/aromatic N) is 7. The molecule has 3 aromatic rings. The Bertz CT molecular complexity index is 1560. The van der Waals surface area contributed by atoms with Gasteiger partial charge in [-0.05, 0) is 25.0 Å². The molecule has 37 heavy (non-hydrogen) atoms. The maximum atomic E-state index is 11.8. The zero-order chi connectivity index (χ0) is 26.3. The van der Waals surface area contributed by atoms with Crippen molar-refractivity contribution < 1.29 is 13.2 Å². The molecule has 3 heterocycles. The van der Waals surface area contributed by atoms with Gasteiger partial charge in [-0.2, -0.15) is 20.0 Å². The molecule has 0 unspecified atom stereocenters. The summed E-state index contributed by atoms with van der Waals surface area (Å²) in [5.41, 5.74) is 1.90. The standard InChI is InChI=1S/C22H23ClN10O3S/c1-36-18-11-32(10-16(18)31-37(2,34)35)17-6-12(7-24)5-15(19(17)23)28-22-29-20(27-13-3-4-13)21-26-9-14(8-25)33(21)30-22/h5-6,9,13,16,18,31H,3-4,10-11H2,1-2H3,(H2,27,28,29,30)/t16-,18+/m1/s1. The first-order valence-corrected chi connectivity index (χ1v) is 13.6. The van der Waals surface area contributed by atoms with Crippen molar-refractivity contribution in [3.05, 3.63) is 34.6 Å². The predicted octanol–water partition coefficient (Wildman–Crippen LogP) is 1.59. The fourth-order valence-corrected chi connectivity index (χ4v) is 5.29. The third kappa shape index (κ3) is 5.23. The molecule has 1 aromatic carbocycles. The van der Waals surface area contributed by atoms with E-state index in [0.29, 0.717) is 40.0 Å². The van der Waals surface area contributed by atoms with Crippen molar-refractivity contribution in [2.24, 2.45) is 0 Å². The van der Waals surface area contributed by atoms with E-state index in [4.69, 9.17) is 16.3 Å². The lowest BCUT2D eigenvalue weighted by Gasteiger charge is -2.22. The van der Waals surface area contributed by atoms with Crippen LogP contribution in [0.2, 0.25) is 5.02 Å². The van der Waals surface area contributed by atoms with Crippen molar-refractivity contribution in [1.82, 2.24) is 24.3 Å². The first-order valence-electron chi connectivity index (χ1n) is 11.4. The fraction of sp³-hybridized carbons (Fsp3) is 0.409. The van der Waals surface area contributed by atoms with Crippen LogP contribution in [-0.4, -0.2) is 72.6 Å². The maximum absolute atomic E-state index is 11.8. The molecule has 0 spiro atoms. The SMILES string of the molecule is CO[C@H]1CN(c2cc(C#N)cc(Nc3nc(NC4CC4)c4ncc(C#N)n4n3)c2Cl)C[C@H]1NS(C)(=O)=O. The van der Waals surface area contributed by atoms with Gasteiger partial charge in [0.25, 0.3) is 0 Å². The van der Waals surface area contributed by atoms with Crippen LogP contribution in [-0.2, 0) is 14.8 Å². The molecule has 2 aliphatic rings. The third-order valence-electron chi connectivity index (χ3n) is 6.10. The van der Waals surface area contributed by atoms with Gasteiger partial charge < -0.3 is 20.3 Å². The summed E-state index contributed by atoms with van der Waals surface area (Å²) in [6.07, 6.45) is 4.12. The zero-order valence-corrected chi connectivity index (χ0v) is 21.5. The largest absolute Gasteiger partial charge is 0.378 e. The van der Waals surface area contributed by atoms with Crippen molar-refractivity contribution in [2.45, 2.75) is 31.0 Å². The van der Waals surface area contributed by atoms with Gasteiger partial charge in [0, 0.05) is 26.2 Å². The number of fused-ring (bicyclic) bond motifs is 1. The van der Waals surface area contributed by atoms with E-state index in [2.05, 4.69) is 42.6 Å². The number of nitriles is 2. The Morgan fingerprint density at radius 2 is 2.00 bits per heavy atom. The molecule has 192 valence electrons. The fourth-order valence-electron chi connectivity index (χ4n) is 4.24. The molecule has 1 aliphatic heterocycles. The van der Waals surface area contributed by atoms with Gasteiger partial charge in [0.05, 0.1) is 52.6 Å². The second-order valence-electron chi connectivity index (χ2n) is 8.96. The molecule has 0 amide bonds. The highest BCUT2D eigenvalue weighted by Crippen LogP contribution is 2.38. The average Bonchev–Trinajstić information content (AvgIpc) is 3.43. The van der Waals surface area contributed by atoms with Gasteiger partial charge in [0.2, 0.25) is 16.0 Å². The molecule has 0 bridgehead atoms. The predicted molar refractivity (Wildman–Crippen MR) is 136 cm³/mol. The van der Waals surface area contributed by atoms with Crippen LogP contribution < -0.4 is 20.3 Å². The smallest absolute Gasteiger partial charge is 0.247 e. The molecule has 1 saturated carbocycles. The maximum Gasteiger partial charge on any atom is 0.247 e. The third-order valence-corrected chi connectivity index (χ3v) is 7.23. The molecular formula is C22H23ClN10O3S. The molecule has 15 heteroatoms. The van der Waals surface area contributed by atoms with Crippen molar-refractivity contribution >= 4 is 50.4 Å². The van der Waals surface area contributed by atoms with E-state index >= 15 is 0 Å². The van der Waals surface area contributed by atoms with Gasteiger partial charge >= 0.3 is 0 Å². The van der Waals surface area contributed by atoms with Gasteiger partial charge in [-0.1, -0.05) is 11.6 Å². The van der Waals surface area contributed by atoms with Crippen LogP contribution in [0.5, 0.6) is 0 Å². The van der Waals surface area contributed by atoms with E-state index in [0.717, 1.165) is 19.1 Å². The molecule has 0 radical (unpaired) electrons. The van der Waals surface area contributed by atoms with Gasteiger partial charge in [-0.25, -0.2) is 18.1 Å². The van der Waals surface area contributed by atoms with E-state index in [-0.39, 0.29) is 24.2 Å². The highest BCUT2D eigenvalue weighted by Gasteiger charge is 2.36. The Kier molecular flexibility index (Phi) is 6.51. The van der Waals surface area contributed by atoms with Crippen LogP contribution in [0, 0.1) is 22.7 Å². The molecule has 1 aliphatic carbocycles. The summed E-state index contributed by atoms with van der Waals surface area (Å²) in [4.78, 5) is 10.7. The summed E-state index contributed by atoms with van der Waals surface area (Å²) in [6.45, 7) is 0.647. The molecule has 1 saturated heterocycles. The summed E-state index contributed by atoms with van der Waals surface area (Å²) in [5, 5.41) is 30.2. The van der Waals surface area contributed by atoms with E-state index in [9.17, 15) is 18.9 Å². The van der Waals surface area contributed by atoms with Crippen LogP contribution >= 0.6 is 11.6 Å². The summed E-state index contributed by atoms with van der Waals surface area (Å²) in [6, 6.07) is 7.18. The summed E-state index contributed by atoms with van der Waals surface area (Å²) >= 11 is 6.79. The number of anilines is 4. The lowest BCUT2D eigenvalue weighted by Crippen LogP contribution is -2.43. The Labute approximate surface area is 218 Å². The van der Waals surface area contributed by atoms with Gasteiger partial charge in [0.1, 0.15) is 6.07 Å². The van der Waals surface area contributed by atoms with Gasteiger partial charge in [-0.15, -0.1) is 5.10 Å². The number of aromatic nitrogens is 4. The average molecular weight is 543 g/mol. The minimum atomic E-state index is -3.46. The number of nitrogens with one attached hydrogen (secondary N) is 3. The molecule has 2 fully saturated rings. The number of hydrogen-bond acceptors (Lipinski definition) is 11. The number of hydrogen-bond donors (Lipinski definition) is 3. The molecule has 13 nitrogen and oxygen atoms in total. The van der Waals surface area contributed by atoms with Crippen molar-refractivity contribution in [2.75, 3.05) is 42.0 Å². The van der Waals surface area contributed by atoms with E-state index < -0.39 is 22.2 Å². The minimum absolute atomic E-state index is 0.154. The number of benzene rings is 1. The number of ether oxygens (including phenoxy) is 1. The van der Waals surface area contributed by atoms with E-state index in [1.165, 1.54) is 17.8 Å². The highest BCUT2D eigenvalue weighted by molar-refractivity contribution is 7.88. The molecular weight excluding hydrogens is 520 g/mol. The molecule has 3 N–H and O–H groups in total. The lowest BCUT2D eigenvalue weighted by molar-refractivity contribution is 0.104. The van der Waals surface area contributed by atoms with Crippen LogP contribution in [0.4, 0.5) is 23.1 Å². The monoisotopic (exact) mass is 542 g/mol. The van der Waals surface area contributed by atoms with Gasteiger partial charge in [-0.3, -0.25) is 0 Å². The Balaban J connectivity index is 1.51. The number of halogens is 1. The quantitative estimate of drug-likeness (QED) is 0.377. The van der Waals surface area contributed by atoms with E-state index in [1.54, 1.807) is 12.1 Å². The Hall–Kier alpha value is -3.69. The number of sulfonamides is 1. The van der Waals surface area contributed by atoms with Crippen LogP contribution in [0.15, 0.2) is 18.3 Å². The van der Waals surface area contributed by atoms with Crippen molar-refractivity contribution in [3.8, 4) is 12.1 Å². The summed E-state index contributed by atoms with van der Waals surface area (Å²) in [5.74, 6) is 0.632. The molecule has 2 aromatic heterocycles. The summed E-state index contributed by atoms with van der Waals surface area (Å²) < 4.78 is 33.1. The number of imidazole rings is 1. The zero-order valence-electron chi connectivity index (χ0n) is 19.9. The second kappa shape index (κ2) is 9.64. The van der Waals surface area contributed by atoms with Crippen LogP contribution in [0.1, 0.15) is 24.1 Å². The van der Waals surface area contributed by atoms with E-state index in [1.807, 2.05) is 4.90 Å². The van der Waals surface area contributed by atoms with Crippen molar-refractivity contribution in [3.63, 3.8) is 0 Å². The number of methoxy groups -OCH3 is 1. The normalized spacial score (nSPS) is 19.5. The van der Waals surface area contributed by atoms with Crippen LogP contribution in [0.25, 0.3) is 5.65 Å². The topological polar surface area (TPSA) is 173 Å². The number of rotatable bonds is 8. The Morgan fingerprint density at radius 1 is 1.22 bits per heavy atom. The van der Waals surface area contributed by atoms with Crippen LogP contribution in [0.3, 0.4) is 0 Å². The lowest BCUT2D eigenvalue weighted by atomic mass is 10.1. The highest BCUT2D eigenvalue weighted by atomic mass is 35.5. The molecule has 2 atom stereocenters. The second-order valence-corrected chi connectivity index (χ2v) is 11.1. The minimum Gasteiger partial charge on any atom is -0.378 e. The van der Waals surface area contributed by atoms with Crippen molar-refractivity contribution in [1.29, 1.82) is 10.5 Å². The Morgan fingerprint density at radius 3 is 2.65 bits per heavy atom.